The molecule has 0 aromatic heterocycles. The van der Waals surface area contributed by atoms with E-state index in [0.29, 0.717) is 6.04 Å². The molecule has 1 amide bonds. The van der Waals surface area contributed by atoms with Crippen LogP contribution >= 0.6 is 22.6 Å². The lowest BCUT2D eigenvalue weighted by molar-refractivity contribution is 0.0702. The van der Waals surface area contributed by atoms with Gasteiger partial charge in [0.1, 0.15) is 0 Å². The van der Waals surface area contributed by atoms with Crippen LogP contribution in [0.15, 0.2) is 18.2 Å². The van der Waals surface area contributed by atoms with Crippen LogP contribution in [0.25, 0.3) is 0 Å². The molecule has 1 aliphatic heterocycles. The number of likely N-dealkylation sites (N-methyl/N-ethyl adjacent to an activating group) is 1. The minimum atomic E-state index is 0.166. The maximum absolute atomic E-state index is 12.6. The SMILES string of the molecule is CCN(C(=O)c1cccc(C)c1I)C1CCNC1. The Bertz CT molecular complexity index is 441. The Morgan fingerprint density at radius 1 is 1.56 bits per heavy atom. The summed E-state index contributed by atoms with van der Waals surface area (Å²) in [5, 5.41) is 3.32. The zero-order valence-corrected chi connectivity index (χ0v) is 13.0. The summed E-state index contributed by atoms with van der Waals surface area (Å²) < 4.78 is 1.07. The topological polar surface area (TPSA) is 32.3 Å². The van der Waals surface area contributed by atoms with Crippen LogP contribution in [0.2, 0.25) is 0 Å². The van der Waals surface area contributed by atoms with Gasteiger partial charge in [-0.1, -0.05) is 12.1 Å². The molecule has 1 unspecified atom stereocenters. The van der Waals surface area contributed by atoms with E-state index in [1.807, 2.05) is 30.0 Å². The summed E-state index contributed by atoms with van der Waals surface area (Å²) >= 11 is 2.27. The van der Waals surface area contributed by atoms with E-state index >= 15 is 0 Å². The van der Waals surface area contributed by atoms with E-state index in [1.165, 1.54) is 5.56 Å². The van der Waals surface area contributed by atoms with Crippen molar-refractivity contribution in [3.05, 3.63) is 32.9 Å². The minimum absolute atomic E-state index is 0.166. The van der Waals surface area contributed by atoms with Crippen molar-refractivity contribution in [1.82, 2.24) is 10.2 Å². The van der Waals surface area contributed by atoms with Crippen LogP contribution in [-0.4, -0.2) is 36.5 Å². The third kappa shape index (κ3) is 2.69. The van der Waals surface area contributed by atoms with Gasteiger partial charge in [-0.05, 0) is 61.0 Å². The smallest absolute Gasteiger partial charge is 0.255 e. The monoisotopic (exact) mass is 358 g/mol. The first-order chi connectivity index (χ1) is 8.65. The highest BCUT2D eigenvalue weighted by molar-refractivity contribution is 14.1. The molecule has 0 saturated carbocycles. The van der Waals surface area contributed by atoms with Crippen LogP contribution in [0.3, 0.4) is 0 Å². The van der Waals surface area contributed by atoms with E-state index in [0.717, 1.165) is 35.2 Å². The highest BCUT2D eigenvalue weighted by Crippen LogP contribution is 2.20. The second-order valence-electron chi connectivity index (χ2n) is 4.67. The second-order valence-corrected chi connectivity index (χ2v) is 5.75. The average molecular weight is 358 g/mol. The molecule has 2 rings (SSSR count). The zero-order valence-electron chi connectivity index (χ0n) is 10.9. The summed E-state index contributed by atoms with van der Waals surface area (Å²) in [6, 6.07) is 6.29. The molecule has 0 spiro atoms. The van der Waals surface area contributed by atoms with Crippen molar-refractivity contribution in [2.24, 2.45) is 0 Å². The van der Waals surface area contributed by atoms with Gasteiger partial charge < -0.3 is 10.2 Å². The van der Waals surface area contributed by atoms with Crippen LogP contribution in [0.4, 0.5) is 0 Å². The van der Waals surface area contributed by atoms with Crippen molar-refractivity contribution in [3.63, 3.8) is 0 Å². The zero-order chi connectivity index (χ0) is 13.1. The van der Waals surface area contributed by atoms with Crippen molar-refractivity contribution in [2.45, 2.75) is 26.3 Å². The number of aryl methyl sites for hydroxylation is 1. The van der Waals surface area contributed by atoms with Gasteiger partial charge in [-0.25, -0.2) is 0 Å². The van der Waals surface area contributed by atoms with Gasteiger partial charge in [0, 0.05) is 22.7 Å². The Labute approximate surface area is 122 Å². The predicted octanol–water partition coefficient (Wildman–Crippen LogP) is 2.42. The molecule has 98 valence electrons. The lowest BCUT2D eigenvalue weighted by Gasteiger charge is -2.27. The normalized spacial score (nSPS) is 18.9. The molecule has 1 N–H and O–H groups in total. The molecule has 3 nitrogen and oxygen atoms in total. The Morgan fingerprint density at radius 2 is 2.33 bits per heavy atom. The number of carbonyl (C=O) groups is 1. The molecule has 1 heterocycles. The number of halogens is 1. The number of hydrogen-bond donors (Lipinski definition) is 1. The fourth-order valence-electron chi connectivity index (χ4n) is 2.44. The highest BCUT2D eigenvalue weighted by atomic mass is 127. The van der Waals surface area contributed by atoms with E-state index < -0.39 is 0 Å². The minimum Gasteiger partial charge on any atom is -0.335 e. The van der Waals surface area contributed by atoms with E-state index in [2.05, 4.69) is 34.8 Å². The average Bonchev–Trinajstić information content (AvgIpc) is 2.87. The summed E-state index contributed by atoms with van der Waals surface area (Å²) in [4.78, 5) is 14.6. The third-order valence-corrected chi connectivity index (χ3v) is 4.93. The van der Waals surface area contributed by atoms with Gasteiger partial charge in [-0.15, -0.1) is 0 Å². The van der Waals surface area contributed by atoms with Crippen molar-refractivity contribution in [1.29, 1.82) is 0 Å². The maximum Gasteiger partial charge on any atom is 0.255 e. The number of nitrogens with one attached hydrogen (secondary N) is 1. The summed E-state index contributed by atoms with van der Waals surface area (Å²) in [6.45, 7) is 6.81. The van der Waals surface area contributed by atoms with E-state index in [1.54, 1.807) is 0 Å². The summed E-state index contributed by atoms with van der Waals surface area (Å²) in [7, 11) is 0. The fraction of sp³-hybridized carbons (Fsp3) is 0.500. The number of amides is 1. The maximum atomic E-state index is 12.6. The molecule has 18 heavy (non-hydrogen) atoms. The molecule has 0 radical (unpaired) electrons. The van der Waals surface area contributed by atoms with Crippen molar-refractivity contribution in [2.75, 3.05) is 19.6 Å². The summed E-state index contributed by atoms with van der Waals surface area (Å²) in [5.74, 6) is 0.166. The van der Waals surface area contributed by atoms with Gasteiger partial charge >= 0.3 is 0 Å². The van der Waals surface area contributed by atoms with Gasteiger partial charge in [0.25, 0.3) is 5.91 Å². The number of nitrogens with zero attached hydrogens (tertiary/aromatic N) is 1. The first-order valence-corrected chi connectivity index (χ1v) is 7.49. The number of carbonyl (C=O) groups excluding carboxylic acids is 1. The van der Waals surface area contributed by atoms with Gasteiger partial charge in [-0.3, -0.25) is 4.79 Å². The van der Waals surface area contributed by atoms with Crippen LogP contribution < -0.4 is 5.32 Å². The lowest BCUT2D eigenvalue weighted by atomic mass is 10.1. The predicted molar refractivity (Wildman–Crippen MR) is 81.9 cm³/mol. The van der Waals surface area contributed by atoms with Gasteiger partial charge in [-0.2, -0.15) is 0 Å². The fourth-order valence-corrected chi connectivity index (χ4v) is 3.03. The van der Waals surface area contributed by atoms with Crippen LogP contribution in [0.1, 0.15) is 29.3 Å². The molecule has 1 aromatic rings. The van der Waals surface area contributed by atoms with Crippen LogP contribution in [0, 0.1) is 10.5 Å². The van der Waals surface area contributed by atoms with Crippen molar-refractivity contribution in [3.8, 4) is 0 Å². The molecule has 1 aromatic carbocycles. The Balaban J connectivity index is 2.25. The van der Waals surface area contributed by atoms with Gasteiger partial charge in [0.15, 0.2) is 0 Å². The quantitative estimate of drug-likeness (QED) is 0.842. The molecule has 4 heteroatoms. The van der Waals surface area contributed by atoms with Gasteiger partial charge in [0.05, 0.1) is 5.56 Å². The Kier molecular flexibility index (Phi) is 4.61. The Morgan fingerprint density at radius 3 is 2.94 bits per heavy atom. The lowest BCUT2D eigenvalue weighted by Crippen LogP contribution is -2.41. The third-order valence-electron chi connectivity index (χ3n) is 3.50. The largest absolute Gasteiger partial charge is 0.335 e. The van der Waals surface area contributed by atoms with E-state index in [9.17, 15) is 4.79 Å². The molecule has 1 atom stereocenters. The van der Waals surface area contributed by atoms with Gasteiger partial charge in [0.2, 0.25) is 0 Å². The van der Waals surface area contributed by atoms with Crippen LogP contribution in [-0.2, 0) is 0 Å². The number of rotatable bonds is 3. The molecule has 1 fully saturated rings. The summed E-state index contributed by atoms with van der Waals surface area (Å²) in [6.07, 6.45) is 1.06. The molecular weight excluding hydrogens is 339 g/mol. The molecular formula is C14H19IN2O. The highest BCUT2D eigenvalue weighted by Gasteiger charge is 2.27. The number of hydrogen-bond acceptors (Lipinski definition) is 2. The second kappa shape index (κ2) is 6.02. The first kappa shape index (κ1) is 13.8. The van der Waals surface area contributed by atoms with E-state index in [-0.39, 0.29) is 5.91 Å². The first-order valence-electron chi connectivity index (χ1n) is 6.42. The molecule has 1 aliphatic rings. The van der Waals surface area contributed by atoms with Crippen molar-refractivity contribution < 1.29 is 4.79 Å². The van der Waals surface area contributed by atoms with E-state index in [4.69, 9.17) is 0 Å². The standard InChI is InChI=1S/C14H19IN2O/c1-3-17(11-7-8-16-9-11)14(18)12-6-4-5-10(2)13(12)15/h4-6,11,16H,3,7-9H2,1-2H3. The Hall–Kier alpha value is -0.620. The molecule has 0 bridgehead atoms. The number of benzene rings is 1. The molecule has 0 aliphatic carbocycles. The van der Waals surface area contributed by atoms with Crippen molar-refractivity contribution >= 4 is 28.5 Å². The molecule has 1 saturated heterocycles. The van der Waals surface area contributed by atoms with Crippen LogP contribution in [0.5, 0.6) is 0 Å². The summed E-state index contributed by atoms with van der Waals surface area (Å²) in [5.41, 5.74) is 2.01.